The number of hydrogen-bond donors (Lipinski definition) is 1. The summed E-state index contributed by atoms with van der Waals surface area (Å²) < 4.78 is 58.7. The maximum Gasteiger partial charge on any atom is 0.411 e. The topological polar surface area (TPSA) is 60.0 Å². The standard InChI is InChI=1S/C21H23F3N2O4/c1-28-21(29-2)10-11-26(14-20(21,23)24)18-9-8-16(12-17(18)22)25-19(27)30-13-15-6-4-3-5-7-15/h3-9,12H,10-11,13-14H2,1-2H3,(H,25,27). The molecule has 0 aromatic heterocycles. The summed E-state index contributed by atoms with van der Waals surface area (Å²) in [5.74, 6) is -6.13. The highest BCUT2D eigenvalue weighted by atomic mass is 19.3. The van der Waals surface area contributed by atoms with E-state index < -0.39 is 30.2 Å². The van der Waals surface area contributed by atoms with Crippen LogP contribution in [0.15, 0.2) is 48.5 Å². The summed E-state index contributed by atoms with van der Waals surface area (Å²) in [6, 6.07) is 12.9. The fourth-order valence-electron chi connectivity index (χ4n) is 3.41. The SMILES string of the molecule is COC1(OC)CCN(c2ccc(NC(=O)OCc3ccccc3)cc2F)CC1(F)F. The van der Waals surface area contributed by atoms with Crippen molar-refractivity contribution >= 4 is 17.5 Å². The molecule has 1 N–H and O–H groups in total. The number of amides is 1. The number of methoxy groups -OCH3 is 2. The van der Waals surface area contributed by atoms with Crippen molar-refractivity contribution in [3.8, 4) is 0 Å². The van der Waals surface area contributed by atoms with E-state index in [-0.39, 0.29) is 30.9 Å². The number of halogens is 3. The zero-order valence-corrected chi connectivity index (χ0v) is 16.7. The molecule has 3 rings (SSSR count). The summed E-state index contributed by atoms with van der Waals surface area (Å²) in [6.07, 6.45) is -0.890. The lowest BCUT2D eigenvalue weighted by Crippen LogP contribution is -2.62. The molecule has 0 aliphatic carbocycles. The van der Waals surface area contributed by atoms with Gasteiger partial charge >= 0.3 is 12.0 Å². The van der Waals surface area contributed by atoms with Crippen LogP contribution in [-0.2, 0) is 20.8 Å². The van der Waals surface area contributed by atoms with E-state index in [0.717, 1.165) is 25.8 Å². The molecule has 0 radical (unpaired) electrons. The highest BCUT2D eigenvalue weighted by molar-refractivity contribution is 5.85. The first-order valence-electron chi connectivity index (χ1n) is 9.30. The van der Waals surface area contributed by atoms with Crippen LogP contribution in [0, 0.1) is 5.82 Å². The normalized spacial score (nSPS) is 17.4. The average molecular weight is 424 g/mol. The van der Waals surface area contributed by atoms with Gasteiger partial charge in [0, 0.05) is 32.9 Å². The Morgan fingerprint density at radius 1 is 1.13 bits per heavy atom. The Hall–Kier alpha value is -2.78. The van der Waals surface area contributed by atoms with Crippen LogP contribution in [0.3, 0.4) is 0 Å². The molecule has 0 unspecified atom stereocenters. The summed E-state index contributed by atoms with van der Waals surface area (Å²) in [5, 5.41) is 2.42. The highest BCUT2D eigenvalue weighted by Crippen LogP contribution is 2.41. The molecule has 0 bridgehead atoms. The first-order valence-corrected chi connectivity index (χ1v) is 9.30. The third-order valence-corrected chi connectivity index (χ3v) is 5.06. The van der Waals surface area contributed by atoms with Crippen molar-refractivity contribution in [2.75, 3.05) is 37.5 Å². The largest absolute Gasteiger partial charge is 0.444 e. The molecule has 1 aliphatic heterocycles. The molecule has 1 heterocycles. The average Bonchev–Trinajstić information content (AvgIpc) is 2.73. The number of rotatable bonds is 6. The fraction of sp³-hybridized carbons (Fsp3) is 0.381. The number of alkyl halides is 2. The molecule has 2 aromatic carbocycles. The molecule has 1 aliphatic rings. The summed E-state index contributed by atoms with van der Waals surface area (Å²) in [7, 11) is 2.32. The third-order valence-electron chi connectivity index (χ3n) is 5.06. The fourth-order valence-corrected chi connectivity index (χ4v) is 3.41. The number of benzene rings is 2. The zero-order chi connectivity index (χ0) is 21.8. The molecule has 162 valence electrons. The van der Waals surface area contributed by atoms with Crippen LogP contribution in [0.25, 0.3) is 0 Å². The quantitative estimate of drug-likeness (QED) is 0.697. The van der Waals surface area contributed by atoms with E-state index in [1.165, 1.54) is 17.0 Å². The van der Waals surface area contributed by atoms with E-state index in [1.54, 1.807) is 12.1 Å². The van der Waals surface area contributed by atoms with E-state index in [2.05, 4.69) is 5.32 Å². The third kappa shape index (κ3) is 4.52. The molecule has 30 heavy (non-hydrogen) atoms. The Bertz CT molecular complexity index is 876. The van der Waals surface area contributed by atoms with Crippen LogP contribution >= 0.6 is 0 Å². The van der Waals surface area contributed by atoms with Gasteiger partial charge in [-0.05, 0) is 23.8 Å². The highest BCUT2D eigenvalue weighted by Gasteiger charge is 2.58. The number of hydrogen-bond acceptors (Lipinski definition) is 5. The van der Waals surface area contributed by atoms with E-state index >= 15 is 0 Å². The zero-order valence-electron chi connectivity index (χ0n) is 16.7. The van der Waals surface area contributed by atoms with Crippen LogP contribution < -0.4 is 10.2 Å². The molecule has 0 spiro atoms. The Morgan fingerprint density at radius 3 is 2.43 bits per heavy atom. The minimum absolute atomic E-state index is 0.00122. The van der Waals surface area contributed by atoms with E-state index in [1.807, 2.05) is 18.2 Å². The lowest BCUT2D eigenvalue weighted by Gasteiger charge is -2.45. The predicted molar refractivity (Wildman–Crippen MR) is 105 cm³/mol. The molecule has 6 nitrogen and oxygen atoms in total. The summed E-state index contributed by atoms with van der Waals surface area (Å²) in [6.45, 7) is -0.589. The second-order valence-corrected chi connectivity index (χ2v) is 6.89. The molecular formula is C21H23F3N2O4. The van der Waals surface area contributed by atoms with Crippen molar-refractivity contribution in [3.63, 3.8) is 0 Å². The van der Waals surface area contributed by atoms with E-state index in [9.17, 15) is 18.0 Å². The molecule has 1 fully saturated rings. The monoisotopic (exact) mass is 424 g/mol. The smallest absolute Gasteiger partial charge is 0.411 e. The van der Waals surface area contributed by atoms with Crippen LogP contribution in [0.4, 0.5) is 29.3 Å². The Labute approximate surface area is 172 Å². The van der Waals surface area contributed by atoms with Gasteiger partial charge in [0.05, 0.1) is 12.2 Å². The number of ether oxygens (including phenoxy) is 3. The second kappa shape index (κ2) is 8.93. The lowest BCUT2D eigenvalue weighted by atomic mass is 9.98. The van der Waals surface area contributed by atoms with Gasteiger partial charge in [-0.2, -0.15) is 8.78 Å². The van der Waals surface area contributed by atoms with Gasteiger partial charge in [0.2, 0.25) is 5.79 Å². The Kier molecular flexibility index (Phi) is 6.52. The van der Waals surface area contributed by atoms with Gasteiger partial charge in [0.15, 0.2) is 0 Å². The molecule has 2 aromatic rings. The van der Waals surface area contributed by atoms with Crippen LogP contribution in [0.5, 0.6) is 0 Å². The minimum atomic E-state index is -3.35. The Balaban J connectivity index is 1.63. The summed E-state index contributed by atoms with van der Waals surface area (Å²) in [5.41, 5.74) is 0.961. The number of carbonyl (C=O) groups excluding carboxylic acids is 1. The van der Waals surface area contributed by atoms with Gasteiger partial charge in [0.1, 0.15) is 12.4 Å². The first kappa shape index (κ1) is 21.9. The van der Waals surface area contributed by atoms with Crippen molar-refractivity contribution in [2.24, 2.45) is 0 Å². The van der Waals surface area contributed by atoms with Gasteiger partial charge < -0.3 is 19.1 Å². The van der Waals surface area contributed by atoms with Crippen LogP contribution in [0.2, 0.25) is 0 Å². The number of nitrogens with zero attached hydrogens (tertiary/aromatic N) is 1. The predicted octanol–water partition coefficient (Wildman–Crippen LogP) is 4.41. The van der Waals surface area contributed by atoms with Gasteiger partial charge in [-0.25, -0.2) is 9.18 Å². The number of nitrogens with one attached hydrogen (secondary N) is 1. The molecule has 1 amide bonds. The van der Waals surface area contributed by atoms with Gasteiger partial charge in [-0.15, -0.1) is 0 Å². The van der Waals surface area contributed by atoms with Crippen molar-refractivity contribution < 1.29 is 32.2 Å². The molecule has 9 heteroatoms. The Morgan fingerprint density at radius 2 is 1.83 bits per heavy atom. The maximum atomic E-state index is 14.6. The summed E-state index contributed by atoms with van der Waals surface area (Å²) in [4.78, 5) is 13.1. The van der Waals surface area contributed by atoms with Crippen LogP contribution in [-0.4, -0.2) is 45.1 Å². The summed E-state index contributed by atoms with van der Waals surface area (Å²) >= 11 is 0. The van der Waals surface area contributed by atoms with E-state index in [0.29, 0.717) is 0 Å². The van der Waals surface area contributed by atoms with Crippen molar-refractivity contribution in [3.05, 3.63) is 59.9 Å². The van der Waals surface area contributed by atoms with Crippen molar-refractivity contribution in [1.29, 1.82) is 0 Å². The minimum Gasteiger partial charge on any atom is -0.444 e. The number of carbonyl (C=O) groups is 1. The molecule has 1 saturated heterocycles. The van der Waals surface area contributed by atoms with Crippen molar-refractivity contribution in [1.82, 2.24) is 0 Å². The van der Waals surface area contributed by atoms with E-state index in [4.69, 9.17) is 14.2 Å². The lowest BCUT2D eigenvalue weighted by molar-refractivity contribution is -0.324. The molecule has 0 atom stereocenters. The van der Waals surface area contributed by atoms with Gasteiger partial charge in [-0.1, -0.05) is 30.3 Å². The molecular weight excluding hydrogens is 401 g/mol. The van der Waals surface area contributed by atoms with Crippen LogP contribution in [0.1, 0.15) is 12.0 Å². The van der Waals surface area contributed by atoms with Crippen molar-refractivity contribution in [2.45, 2.75) is 24.7 Å². The van der Waals surface area contributed by atoms with Gasteiger partial charge in [0.25, 0.3) is 0 Å². The number of piperidine rings is 1. The maximum absolute atomic E-state index is 14.6. The molecule has 0 saturated carbocycles. The second-order valence-electron chi connectivity index (χ2n) is 6.89. The van der Waals surface area contributed by atoms with Gasteiger partial charge in [-0.3, -0.25) is 5.32 Å². The first-order chi connectivity index (χ1) is 14.3. The number of anilines is 2.